The molecule has 23 heavy (non-hydrogen) atoms. The maximum Gasteiger partial charge on any atom is 0.160 e. The lowest BCUT2D eigenvalue weighted by atomic mass is 9.91. The molecular weight excluding hydrogens is 280 g/mol. The SMILES string of the molecule is Cc1cc(-c2cccc3c2C=CCC3)nc(-c2ccccc2)n1. The van der Waals surface area contributed by atoms with Crippen LogP contribution in [0.15, 0.2) is 60.7 Å². The van der Waals surface area contributed by atoms with Gasteiger partial charge >= 0.3 is 0 Å². The minimum Gasteiger partial charge on any atom is -0.233 e. The Hall–Kier alpha value is -2.74. The van der Waals surface area contributed by atoms with Crippen molar-refractivity contribution >= 4 is 6.08 Å². The summed E-state index contributed by atoms with van der Waals surface area (Å²) in [6.45, 7) is 2.03. The Morgan fingerprint density at radius 1 is 0.913 bits per heavy atom. The van der Waals surface area contributed by atoms with E-state index in [1.54, 1.807) is 0 Å². The van der Waals surface area contributed by atoms with E-state index in [1.165, 1.54) is 16.7 Å². The van der Waals surface area contributed by atoms with Crippen LogP contribution in [-0.4, -0.2) is 9.97 Å². The Kier molecular flexibility index (Phi) is 3.51. The third-order valence-corrected chi connectivity index (χ3v) is 4.22. The minimum atomic E-state index is 0.790. The normalized spacial score (nSPS) is 12.9. The van der Waals surface area contributed by atoms with Gasteiger partial charge in [0, 0.05) is 16.8 Å². The molecule has 4 rings (SSSR count). The van der Waals surface area contributed by atoms with E-state index in [1.807, 2.05) is 25.1 Å². The highest BCUT2D eigenvalue weighted by molar-refractivity contribution is 5.77. The lowest BCUT2D eigenvalue weighted by Crippen LogP contribution is -2.00. The lowest BCUT2D eigenvalue weighted by molar-refractivity contribution is 0.985. The topological polar surface area (TPSA) is 25.8 Å². The Balaban J connectivity index is 1.88. The Bertz CT molecular complexity index is 880. The van der Waals surface area contributed by atoms with Crippen LogP contribution in [0, 0.1) is 6.92 Å². The van der Waals surface area contributed by atoms with Crippen LogP contribution >= 0.6 is 0 Å². The highest BCUT2D eigenvalue weighted by Crippen LogP contribution is 2.31. The number of allylic oxidation sites excluding steroid dienone is 1. The first-order valence-electron chi connectivity index (χ1n) is 8.01. The molecular formula is C21H18N2. The van der Waals surface area contributed by atoms with E-state index in [-0.39, 0.29) is 0 Å². The minimum absolute atomic E-state index is 0.790. The predicted molar refractivity (Wildman–Crippen MR) is 95.0 cm³/mol. The van der Waals surface area contributed by atoms with Crippen molar-refractivity contribution in [2.75, 3.05) is 0 Å². The Morgan fingerprint density at radius 2 is 1.78 bits per heavy atom. The largest absolute Gasteiger partial charge is 0.233 e. The third-order valence-electron chi connectivity index (χ3n) is 4.22. The van der Waals surface area contributed by atoms with Gasteiger partial charge < -0.3 is 0 Å². The van der Waals surface area contributed by atoms with Gasteiger partial charge in [-0.1, -0.05) is 60.7 Å². The molecule has 0 saturated heterocycles. The summed E-state index contributed by atoms with van der Waals surface area (Å²) in [5, 5.41) is 0. The summed E-state index contributed by atoms with van der Waals surface area (Å²) >= 11 is 0. The number of benzene rings is 2. The van der Waals surface area contributed by atoms with Crippen molar-refractivity contribution in [2.45, 2.75) is 19.8 Å². The summed E-state index contributed by atoms with van der Waals surface area (Å²) in [4.78, 5) is 9.45. The van der Waals surface area contributed by atoms with Crippen LogP contribution in [0.2, 0.25) is 0 Å². The third kappa shape index (κ3) is 2.68. The Labute approximate surface area is 136 Å². The van der Waals surface area contributed by atoms with Crippen LogP contribution in [0.4, 0.5) is 0 Å². The molecule has 0 bridgehead atoms. The fraction of sp³-hybridized carbons (Fsp3) is 0.143. The molecule has 112 valence electrons. The molecule has 1 aromatic heterocycles. The zero-order chi connectivity index (χ0) is 15.6. The molecule has 2 heteroatoms. The second-order valence-corrected chi connectivity index (χ2v) is 5.90. The molecule has 2 nitrogen and oxygen atoms in total. The monoisotopic (exact) mass is 298 g/mol. The highest BCUT2D eigenvalue weighted by atomic mass is 14.9. The maximum absolute atomic E-state index is 4.84. The van der Waals surface area contributed by atoms with Gasteiger partial charge in [0.1, 0.15) is 0 Å². The van der Waals surface area contributed by atoms with Crippen molar-refractivity contribution < 1.29 is 0 Å². The van der Waals surface area contributed by atoms with Crippen LogP contribution < -0.4 is 0 Å². The van der Waals surface area contributed by atoms with Gasteiger partial charge in [-0.3, -0.25) is 0 Å². The first-order chi connectivity index (χ1) is 11.3. The van der Waals surface area contributed by atoms with Crippen molar-refractivity contribution in [2.24, 2.45) is 0 Å². The molecule has 1 aliphatic carbocycles. The van der Waals surface area contributed by atoms with Gasteiger partial charge in [0.15, 0.2) is 5.82 Å². The van der Waals surface area contributed by atoms with E-state index < -0.39 is 0 Å². The van der Waals surface area contributed by atoms with E-state index in [9.17, 15) is 0 Å². The zero-order valence-electron chi connectivity index (χ0n) is 13.2. The van der Waals surface area contributed by atoms with E-state index in [0.29, 0.717) is 0 Å². The number of hydrogen-bond donors (Lipinski definition) is 0. The fourth-order valence-electron chi connectivity index (χ4n) is 3.11. The molecule has 0 aliphatic heterocycles. The van der Waals surface area contributed by atoms with Gasteiger partial charge in [0.25, 0.3) is 0 Å². The second kappa shape index (κ2) is 5.81. The van der Waals surface area contributed by atoms with Gasteiger partial charge in [-0.05, 0) is 37.0 Å². The van der Waals surface area contributed by atoms with E-state index in [4.69, 9.17) is 4.98 Å². The van der Waals surface area contributed by atoms with Crippen LogP contribution in [-0.2, 0) is 6.42 Å². The number of fused-ring (bicyclic) bond motifs is 1. The Morgan fingerprint density at radius 3 is 2.65 bits per heavy atom. The summed E-state index contributed by atoms with van der Waals surface area (Å²) < 4.78 is 0. The lowest BCUT2D eigenvalue weighted by Gasteiger charge is -2.15. The summed E-state index contributed by atoms with van der Waals surface area (Å²) in [5.74, 6) is 0.790. The number of hydrogen-bond acceptors (Lipinski definition) is 2. The molecule has 1 aliphatic rings. The summed E-state index contributed by atoms with van der Waals surface area (Å²) in [7, 11) is 0. The fourth-order valence-corrected chi connectivity index (χ4v) is 3.11. The van der Waals surface area contributed by atoms with Gasteiger partial charge in [-0.2, -0.15) is 0 Å². The van der Waals surface area contributed by atoms with Crippen molar-refractivity contribution in [3.05, 3.63) is 77.5 Å². The number of aromatic nitrogens is 2. The van der Waals surface area contributed by atoms with Gasteiger partial charge in [-0.25, -0.2) is 9.97 Å². The van der Waals surface area contributed by atoms with E-state index in [0.717, 1.165) is 35.6 Å². The van der Waals surface area contributed by atoms with Crippen LogP contribution in [0.25, 0.3) is 28.7 Å². The molecule has 0 unspecified atom stereocenters. The molecule has 1 heterocycles. The first-order valence-corrected chi connectivity index (χ1v) is 8.01. The molecule has 0 atom stereocenters. The van der Waals surface area contributed by atoms with Crippen molar-refractivity contribution in [3.63, 3.8) is 0 Å². The smallest absolute Gasteiger partial charge is 0.160 e. The van der Waals surface area contributed by atoms with Crippen LogP contribution in [0.3, 0.4) is 0 Å². The summed E-state index contributed by atoms with van der Waals surface area (Å²) in [6, 6.07) is 18.7. The molecule has 0 spiro atoms. The van der Waals surface area contributed by atoms with Crippen molar-refractivity contribution in [3.8, 4) is 22.6 Å². The number of aryl methyl sites for hydroxylation is 2. The van der Waals surface area contributed by atoms with Gasteiger partial charge in [-0.15, -0.1) is 0 Å². The molecule has 3 aromatic rings. The highest BCUT2D eigenvalue weighted by Gasteiger charge is 2.13. The zero-order valence-corrected chi connectivity index (χ0v) is 13.2. The number of rotatable bonds is 2. The van der Waals surface area contributed by atoms with Gasteiger partial charge in [0.05, 0.1) is 5.69 Å². The average molecular weight is 298 g/mol. The molecule has 0 radical (unpaired) electrons. The van der Waals surface area contributed by atoms with Crippen LogP contribution in [0.5, 0.6) is 0 Å². The second-order valence-electron chi connectivity index (χ2n) is 5.90. The molecule has 0 amide bonds. The molecule has 0 saturated carbocycles. The molecule has 0 fully saturated rings. The van der Waals surface area contributed by atoms with E-state index >= 15 is 0 Å². The quantitative estimate of drug-likeness (QED) is 0.659. The van der Waals surface area contributed by atoms with Crippen molar-refractivity contribution in [1.82, 2.24) is 9.97 Å². The summed E-state index contributed by atoms with van der Waals surface area (Å²) in [5.41, 5.74) is 6.95. The van der Waals surface area contributed by atoms with Crippen LogP contribution in [0.1, 0.15) is 23.2 Å². The standard InChI is InChI=1S/C21H18N2/c1-15-14-20(23-21(22-15)17-9-3-2-4-10-17)19-13-7-11-16-8-5-6-12-18(16)19/h2-4,6-7,9-14H,5,8H2,1H3. The predicted octanol–water partition coefficient (Wildman–Crippen LogP) is 5.08. The van der Waals surface area contributed by atoms with Crippen molar-refractivity contribution in [1.29, 1.82) is 0 Å². The summed E-state index contributed by atoms with van der Waals surface area (Å²) in [6.07, 6.45) is 6.70. The first kappa shape index (κ1) is 13.9. The van der Waals surface area contributed by atoms with E-state index in [2.05, 4.69) is 53.5 Å². The number of nitrogens with zero attached hydrogens (tertiary/aromatic N) is 2. The van der Waals surface area contributed by atoms with Gasteiger partial charge in [0.2, 0.25) is 0 Å². The maximum atomic E-state index is 4.84. The molecule has 0 N–H and O–H groups in total. The molecule has 2 aromatic carbocycles. The average Bonchev–Trinajstić information content (AvgIpc) is 2.61.